The first-order chi connectivity index (χ1) is 9.77. The van der Waals surface area contributed by atoms with Crippen molar-refractivity contribution >= 4 is 23.2 Å². The van der Waals surface area contributed by atoms with Gasteiger partial charge in [0.1, 0.15) is 0 Å². The molecule has 2 N–H and O–H groups in total. The number of hydrogen-bond donors (Lipinski definition) is 1. The number of ether oxygens (including phenoxy) is 1. The molecular weight excluding hydrogens is 298 g/mol. The Morgan fingerprint density at radius 2 is 2.14 bits per heavy atom. The Labute approximate surface area is 127 Å². The van der Waals surface area contributed by atoms with Gasteiger partial charge < -0.3 is 15.4 Å². The van der Waals surface area contributed by atoms with Crippen LogP contribution in [-0.2, 0) is 4.79 Å². The van der Waals surface area contributed by atoms with E-state index in [1.807, 2.05) is 0 Å². The SMILES string of the molecule is CC(Oc1ccc(Cl)cc1[N+](=O)[O-])C(=O)N(C)C(C)CN. The molecule has 21 heavy (non-hydrogen) atoms. The molecule has 0 saturated heterocycles. The molecule has 1 rings (SSSR count). The predicted octanol–water partition coefficient (Wildman–Crippen LogP) is 1.82. The maximum absolute atomic E-state index is 12.1. The normalized spacial score (nSPS) is 13.4. The van der Waals surface area contributed by atoms with Crippen molar-refractivity contribution in [2.24, 2.45) is 5.73 Å². The van der Waals surface area contributed by atoms with Gasteiger partial charge in [0.2, 0.25) is 0 Å². The number of rotatable bonds is 6. The quantitative estimate of drug-likeness (QED) is 0.637. The summed E-state index contributed by atoms with van der Waals surface area (Å²) in [6, 6.07) is 3.87. The lowest BCUT2D eigenvalue weighted by Gasteiger charge is -2.26. The number of nitrogens with two attached hydrogens (primary N) is 1. The largest absolute Gasteiger partial charge is 0.474 e. The van der Waals surface area contributed by atoms with Gasteiger partial charge in [0.05, 0.1) is 4.92 Å². The lowest BCUT2D eigenvalue weighted by molar-refractivity contribution is -0.386. The van der Waals surface area contributed by atoms with Gasteiger partial charge in [0, 0.05) is 30.7 Å². The lowest BCUT2D eigenvalue weighted by Crippen LogP contribution is -2.45. The van der Waals surface area contributed by atoms with Crippen LogP contribution in [0.25, 0.3) is 0 Å². The molecular formula is C13H18ClN3O4. The van der Waals surface area contributed by atoms with Crippen molar-refractivity contribution in [3.05, 3.63) is 33.3 Å². The number of benzene rings is 1. The summed E-state index contributed by atoms with van der Waals surface area (Å²) in [6.07, 6.45) is -0.871. The summed E-state index contributed by atoms with van der Waals surface area (Å²) in [5.41, 5.74) is 5.22. The van der Waals surface area contributed by atoms with Crippen molar-refractivity contribution < 1.29 is 14.5 Å². The van der Waals surface area contributed by atoms with E-state index in [1.54, 1.807) is 14.0 Å². The Hall–Kier alpha value is -1.86. The van der Waals surface area contributed by atoms with Crippen LogP contribution in [0.3, 0.4) is 0 Å². The summed E-state index contributed by atoms with van der Waals surface area (Å²) in [4.78, 5) is 24.0. The smallest absolute Gasteiger partial charge is 0.312 e. The average Bonchev–Trinajstić information content (AvgIpc) is 2.46. The molecule has 0 aliphatic rings. The number of amides is 1. The van der Waals surface area contributed by atoms with E-state index in [4.69, 9.17) is 22.1 Å². The third kappa shape index (κ3) is 4.30. The fraction of sp³-hybridized carbons (Fsp3) is 0.462. The molecule has 116 valence electrons. The second-order valence-electron chi connectivity index (χ2n) is 4.66. The van der Waals surface area contributed by atoms with Crippen LogP contribution in [0.5, 0.6) is 5.75 Å². The van der Waals surface area contributed by atoms with E-state index < -0.39 is 11.0 Å². The molecule has 7 nitrogen and oxygen atoms in total. The number of hydrogen-bond acceptors (Lipinski definition) is 5. The summed E-state index contributed by atoms with van der Waals surface area (Å²) in [6.45, 7) is 3.64. The molecule has 0 aromatic heterocycles. The van der Waals surface area contributed by atoms with Crippen LogP contribution < -0.4 is 10.5 Å². The molecule has 0 saturated carbocycles. The number of carbonyl (C=O) groups is 1. The van der Waals surface area contributed by atoms with E-state index in [0.29, 0.717) is 6.54 Å². The Kier molecular flexibility index (Phi) is 5.92. The fourth-order valence-electron chi connectivity index (χ4n) is 1.64. The van der Waals surface area contributed by atoms with Crippen molar-refractivity contribution in [1.82, 2.24) is 4.90 Å². The number of carbonyl (C=O) groups excluding carboxylic acids is 1. The third-order valence-electron chi connectivity index (χ3n) is 3.12. The molecule has 0 aliphatic heterocycles. The number of halogens is 1. The lowest BCUT2D eigenvalue weighted by atomic mass is 10.2. The first-order valence-corrected chi connectivity index (χ1v) is 6.73. The molecule has 0 radical (unpaired) electrons. The van der Waals surface area contributed by atoms with Crippen LogP contribution in [0.4, 0.5) is 5.69 Å². The van der Waals surface area contributed by atoms with Gasteiger partial charge in [-0.3, -0.25) is 14.9 Å². The monoisotopic (exact) mass is 315 g/mol. The second kappa shape index (κ2) is 7.24. The van der Waals surface area contributed by atoms with Gasteiger partial charge in [-0.2, -0.15) is 0 Å². The molecule has 1 amide bonds. The highest BCUT2D eigenvalue weighted by Gasteiger charge is 2.25. The van der Waals surface area contributed by atoms with Crippen molar-refractivity contribution in [2.75, 3.05) is 13.6 Å². The van der Waals surface area contributed by atoms with Crippen molar-refractivity contribution in [3.63, 3.8) is 0 Å². The molecule has 2 atom stereocenters. The van der Waals surface area contributed by atoms with Crippen molar-refractivity contribution in [3.8, 4) is 5.75 Å². The van der Waals surface area contributed by atoms with Gasteiger partial charge in [-0.25, -0.2) is 0 Å². The molecule has 0 spiro atoms. The highest BCUT2D eigenvalue weighted by Crippen LogP contribution is 2.30. The van der Waals surface area contributed by atoms with E-state index in [1.165, 1.54) is 30.0 Å². The molecule has 1 aromatic carbocycles. The Bertz CT molecular complexity index is 538. The first kappa shape index (κ1) is 17.2. The summed E-state index contributed by atoms with van der Waals surface area (Å²) in [5, 5.41) is 11.2. The minimum atomic E-state index is -0.871. The van der Waals surface area contributed by atoms with Crippen LogP contribution in [0.1, 0.15) is 13.8 Å². The molecule has 0 bridgehead atoms. The van der Waals surface area contributed by atoms with E-state index in [2.05, 4.69) is 0 Å². The van der Waals surface area contributed by atoms with Crippen LogP contribution in [0.2, 0.25) is 5.02 Å². The maximum atomic E-state index is 12.1. The Morgan fingerprint density at radius 3 is 2.67 bits per heavy atom. The highest BCUT2D eigenvalue weighted by atomic mass is 35.5. The summed E-state index contributed by atoms with van der Waals surface area (Å²) < 4.78 is 5.41. The molecule has 8 heteroatoms. The Balaban J connectivity index is 2.91. The summed E-state index contributed by atoms with van der Waals surface area (Å²) in [5.74, 6) is -0.309. The topological polar surface area (TPSA) is 98.7 Å². The molecule has 0 aliphatic carbocycles. The van der Waals surface area contributed by atoms with Crippen LogP contribution >= 0.6 is 11.6 Å². The predicted molar refractivity (Wildman–Crippen MR) is 79.5 cm³/mol. The van der Waals surface area contributed by atoms with E-state index in [0.717, 1.165) is 0 Å². The van der Waals surface area contributed by atoms with Crippen LogP contribution in [0.15, 0.2) is 18.2 Å². The highest BCUT2D eigenvalue weighted by molar-refractivity contribution is 6.30. The average molecular weight is 316 g/mol. The number of nitrogens with zero attached hydrogens (tertiary/aromatic N) is 2. The fourth-order valence-corrected chi connectivity index (χ4v) is 1.80. The van der Waals surface area contributed by atoms with E-state index in [9.17, 15) is 14.9 Å². The summed E-state index contributed by atoms with van der Waals surface area (Å²) in [7, 11) is 1.61. The van der Waals surface area contributed by atoms with Gasteiger partial charge in [0.25, 0.3) is 5.91 Å². The van der Waals surface area contributed by atoms with E-state index >= 15 is 0 Å². The van der Waals surface area contributed by atoms with Crippen LogP contribution in [-0.4, -0.2) is 41.5 Å². The Morgan fingerprint density at radius 1 is 1.52 bits per heavy atom. The van der Waals surface area contributed by atoms with Gasteiger partial charge in [-0.05, 0) is 26.0 Å². The molecule has 0 heterocycles. The van der Waals surface area contributed by atoms with Gasteiger partial charge in [-0.15, -0.1) is 0 Å². The third-order valence-corrected chi connectivity index (χ3v) is 3.35. The number of likely N-dealkylation sites (N-methyl/N-ethyl adjacent to an activating group) is 1. The van der Waals surface area contributed by atoms with Gasteiger partial charge >= 0.3 is 5.69 Å². The zero-order valence-corrected chi connectivity index (χ0v) is 12.8. The molecule has 0 fully saturated rings. The minimum Gasteiger partial charge on any atom is -0.474 e. The van der Waals surface area contributed by atoms with Crippen molar-refractivity contribution in [2.45, 2.75) is 26.0 Å². The molecule has 2 unspecified atom stereocenters. The van der Waals surface area contributed by atoms with Crippen LogP contribution in [0, 0.1) is 10.1 Å². The first-order valence-electron chi connectivity index (χ1n) is 6.35. The number of nitro benzene ring substituents is 1. The molecule has 1 aromatic rings. The van der Waals surface area contributed by atoms with E-state index in [-0.39, 0.29) is 28.4 Å². The number of nitro groups is 1. The minimum absolute atomic E-state index is 0.000878. The summed E-state index contributed by atoms with van der Waals surface area (Å²) >= 11 is 5.72. The second-order valence-corrected chi connectivity index (χ2v) is 5.10. The standard InChI is InChI=1S/C13H18ClN3O4/c1-8(7-15)16(3)13(18)9(2)21-12-5-4-10(14)6-11(12)17(19)20/h4-6,8-9H,7,15H2,1-3H3. The zero-order valence-electron chi connectivity index (χ0n) is 12.1. The van der Waals surface area contributed by atoms with Gasteiger partial charge in [0.15, 0.2) is 11.9 Å². The van der Waals surface area contributed by atoms with Gasteiger partial charge in [-0.1, -0.05) is 11.6 Å². The maximum Gasteiger partial charge on any atom is 0.312 e. The zero-order chi connectivity index (χ0) is 16.2. The van der Waals surface area contributed by atoms with Crippen molar-refractivity contribution in [1.29, 1.82) is 0 Å².